The van der Waals surface area contributed by atoms with Crippen LogP contribution in [0.1, 0.15) is 38.8 Å². The molecule has 0 saturated heterocycles. The van der Waals surface area contributed by atoms with E-state index in [9.17, 15) is 0 Å². The van der Waals surface area contributed by atoms with Gasteiger partial charge in [-0.3, -0.25) is 0 Å². The highest BCUT2D eigenvalue weighted by Gasteiger charge is 1.95. The number of nitrogens with zero attached hydrogens (tertiary/aromatic N) is 1. The fraction of sp³-hybridized carbons (Fsp3) is 0.750. The van der Waals surface area contributed by atoms with Gasteiger partial charge in [-0.2, -0.15) is 0 Å². The summed E-state index contributed by atoms with van der Waals surface area (Å²) in [6, 6.07) is 1.81. The van der Waals surface area contributed by atoms with Gasteiger partial charge in [0.05, 0.1) is 6.61 Å². The highest BCUT2D eigenvalue weighted by Crippen LogP contribution is 2.00. The third-order valence-electron chi connectivity index (χ3n) is 1.88. The van der Waals surface area contributed by atoms with Crippen molar-refractivity contribution < 1.29 is 14.0 Å². The molecule has 0 unspecified atom stereocenters. The van der Waals surface area contributed by atoms with Crippen LogP contribution < -0.4 is 0 Å². The van der Waals surface area contributed by atoms with Crippen molar-refractivity contribution in [2.45, 2.75) is 39.7 Å². The first-order valence-electron chi connectivity index (χ1n) is 5.89. The Hall–Kier alpha value is -0.870. The number of aromatic nitrogens is 1. The second-order valence-electron chi connectivity index (χ2n) is 3.10. The fourth-order valence-corrected chi connectivity index (χ4v) is 1.12. The van der Waals surface area contributed by atoms with Crippen LogP contribution in [0.5, 0.6) is 0 Å². The largest absolute Gasteiger partial charge is 0.385 e. The minimum atomic E-state index is 0.542. The molecule has 0 radical (unpaired) electrons. The van der Waals surface area contributed by atoms with Gasteiger partial charge < -0.3 is 14.0 Å². The zero-order chi connectivity index (χ0) is 12.1. The van der Waals surface area contributed by atoms with E-state index < -0.39 is 0 Å². The summed E-state index contributed by atoms with van der Waals surface area (Å²) in [5.41, 5.74) is 0.849. The summed E-state index contributed by atoms with van der Waals surface area (Å²) in [4.78, 5) is 0. The molecule has 4 nitrogen and oxygen atoms in total. The molecular weight excluding hydrogens is 206 g/mol. The van der Waals surface area contributed by atoms with Crippen LogP contribution in [0, 0.1) is 0 Å². The van der Waals surface area contributed by atoms with Gasteiger partial charge in [-0.25, -0.2) is 0 Å². The molecule has 4 heteroatoms. The first-order valence-corrected chi connectivity index (χ1v) is 5.89. The van der Waals surface area contributed by atoms with Crippen molar-refractivity contribution in [2.75, 3.05) is 20.3 Å². The lowest BCUT2D eigenvalue weighted by Gasteiger charge is -2.01. The van der Waals surface area contributed by atoms with E-state index in [0.717, 1.165) is 38.2 Å². The molecule has 1 rings (SSSR count). The van der Waals surface area contributed by atoms with Gasteiger partial charge >= 0.3 is 0 Å². The van der Waals surface area contributed by atoms with Crippen LogP contribution in [-0.4, -0.2) is 25.5 Å². The van der Waals surface area contributed by atoms with E-state index in [1.165, 1.54) is 0 Å². The number of hydrogen-bond acceptors (Lipinski definition) is 4. The van der Waals surface area contributed by atoms with Gasteiger partial charge in [0, 0.05) is 26.4 Å². The summed E-state index contributed by atoms with van der Waals surface area (Å²) >= 11 is 0. The van der Waals surface area contributed by atoms with Crippen LogP contribution in [0.2, 0.25) is 0 Å². The van der Waals surface area contributed by atoms with Gasteiger partial charge in [0.1, 0.15) is 12.0 Å². The normalized spacial score (nSPS) is 9.69. The maximum atomic E-state index is 5.39. The molecule has 0 atom stereocenters. The Morgan fingerprint density at radius 1 is 1.19 bits per heavy atom. The quantitative estimate of drug-likeness (QED) is 0.643. The summed E-state index contributed by atoms with van der Waals surface area (Å²) in [5, 5.41) is 3.74. The first kappa shape index (κ1) is 15.1. The number of hydrogen-bond donors (Lipinski definition) is 0. The maximum Gasteiger partial charge on any atom is 0.124 e. The summed E-state index contributed by atoms with van der Waals surface area (Å²) in [6.07, 6.45) is 4.87. The van der Waals surface area contributed by atoms with E-state index >= 15 is 0 Å². The van der Waals surface area contributed by atoms with Crippen molar-refractivity contribution in [3.63, 3.8) is 0 Å². The highest BCUT2D eigenvalue weighted by molar-refractivity contribution is 4.92. The van der Waals surface area contributed by atoms with Gasteiger partial charge in [-0.1, -0.05) is 19.0 Å². The van der Waals surface area contributed by atoms with Crippen molar-refractivity contribution in [1.82, 2.24) is 5.16 Å². The van der Waals surface area contributed by atoms with Crippen LogP contribution in [0.15, 0.2) is 16.9 Å². The molecule has 0 saturated carbocycles. The van der Waals surface area contributed by atoms with Crippen LogP contribution in [0.25, 0.3) is 0 Å². The second-order valence-corrected chi connectivity index (χ2v) is 3.10. The van der Waals surface area contributed by atoms with E-state index in [1.807, 2.05) is 19.9 Å². The fourth-order valence-electron chi connectivity index (χ4n) is 1.12. The maximum absolute atomic E-state index is 5.39. The Morgan fingerprint density at radius 3 is 2.56 bits per heavy atom. The van der Waals surface area contributed by atoms with Crippen LogP contribution in [-0.2, 0) is 16.1 Å². The summed E-state index contributed by atoms with van der Waals surface area (Å²) in [6.45, 7) is 6.15. The lowest BCUT2D eigenvalue weighted by molar-refractivity contribution is 0.109. The minimum absolute atomic E-state index is 0.542. The van der Waals surface area contributed by atoms with Crippen molar-refractivity contribution >= 4 is 0 Å². The molecule has 0 aliphatic rings. The van der Waals surface area contributed by atoms with Crippen LogP contribution in [0.4, 0.5) is 0 Å². The molecule has 0 N–H and O–H groups in total. The van der Waals surface area contributed by atoms with Gasteiger partial charge in [-0.05, 0) is 19.3 Å². The average molecular weight is 229 g/mol. The van der Waals surface area contributed by atoms with Crippen molar-refractivity contribution in [3.05, 3.63) is 18.0 Å². The Labute approximate surface area is 97.9 Å². The number of unbranched alkanes of at least 4 members (excludes halogenated alkanes) is 2. The number of ether oxygens (including phenoxy) is 2. The second kappa shape index (κ2) is 12.2. The number of methoxy groups -OCH3 is 1. The molecule has 0 bridgehead atoms. The average Bonchev–Trinajstić information content (AvgIpc) is 2.84. The molecule has 94 valence electrons. The molecule has 1 aromatic heterocycles. The van der Waals surface area contributed by atoms with Crippen molar-refractivity contribution in [2.24, 2.45) is 0 Å². The SMILES string of the molecule is CC.COCCCCCOCc1ccon1. The number of rotatable bonds is 8. The zero-order valence-corrected chi connectivity index (χ0v) is 10.6. The minimum Gasteiger partial charge on any atom is -0.385 e. The molecule has 0 aliphatic heterocycles. The molecular formula is C12H23NO3. The topological polar surface area (TPSA) is 44.5 Å². The Bertz CT molecular complexity index is 212. The van der Waals surface area contributed by atoms with E-state index in [1.54, 1.807) is 13.4 Å². The van der Waals surface area contributed by atoms with Gasteiger partial charge in [-0.15, -0.1) is 0 Å². The van der Waals surface area contributed by atoms with Gasteiger partial charge in [0.2, 0.25) is 0 Å². The third kappa shape index (κ3) is 8.44. The van der Waals surface area contributed by atoms with E-state index in [0.29, 0.717) is 6.61 Å². The summed E-state index contributed by atoms with van der Waals surface area (Å²) in [5.74, 6) is 0. The standard InChI is InChI=1S/C10H17NO3.C2H6/c1-12-6-3-2-4-7-13-9-10-5-8-14-11-10;1-2/h5,8H,2-4,6-7,9H2,1H3;1-2H3. The van der Waals surface area contributed by atoms with Gasteiger partial charge in [0.25, 0.3) is 0 Å². The van der Waals surface area contributed by atoms with E-state index in [4.69, 9.17) is 9.47 Å². The molecule has 1 heterocycles. The lowest BCUT2D eigenvalue weighted by atomic mass is 10.2. The van der Waals surface area contributed by atoms with Gasteiger partial charge in [0.15, 0.2) is 0 Å². The third-order valence-corrected chi connectivity index (χ3v) is 1.88. The Balaban J connectivity index is 0.00000106. The first-order chi connectivity index (χ1) is 7.93. The van der Waals surface area contributed by atoms with E-state index in [-0.39, 0.29) is 0 Å². The monoisotopic (exact) mass is 229 g/mol. The highest BCUT2D eigenvalue weighted by atomic mass is 16.5. The molecule has 0 aliphatic carbocycles. The zero-order valence-electron chi connectivity index (χ0n) is 10.6. The molecule has 16 heavy (non-hydrogen) atoms. The Kier molecular flexibility index (Phi) is 11.5. The molecule has 1 aromatic rings. The summed E-state index contributed by atoms with van der Waals surface area (Å²) < 4.78 is 15.0. The van der Waals surface area contributed by atoms with Crippen LogP contribution in [0.3, 0.4) is 0 Å². The smallest absolute Gasteiger partial charge is 0.124 e. The summed E-state index contributed by atoms with van der Waals surface area (Å²) in [7, 11) is 1.72. The predicted octanol–water partition coefficient (Wildman–Crippen LogP) is 3.03. The Morgan fingerprint density at radius 2 is 1.94 bits per heavy atom. The molecule has 0 fully saturated rings. The van der Waals surface area contributed by atoms with Crippen molar-refractivity contribution in [3.8, 4) is 0 Å². The lowest BCUT2D eigenvalue weighted by Crippen LogP contribution is -1.97. The molecule has 0 spiro atoms. The predicted molar refractivity (Wildman–Crippen MR) is 63.2 cm³/mol. The molecule has 0 amide bonds. The molecule has 0 aromatic carbocycles. The van der Waals surface area contributed by atoms with Crippen LogP contribution >= 0.6 is 0 Å². The van der Waals surface area contributed by atoms with Crippen molar-refractivity contribution in [1.29, 1.82) is 0 Å². The van der Waals surface area contributed by atoms with E-state index in [2.05, 4.69) is 9.68 Å².